The van der Waals surface area contributed by atoms with Gasteiger partial charge < -0.3 is 14.6 Å². The van der Waals surface area contributed by atoms with Gasteiger partial charge in [-0.1, -0.05) is 18.2 Å². The SMILES string of the molecule is COc1cc(CCc2cnc3c(cc(C(=O)O)n3S(=O)(=O)c3ccccc3)n2)cc(OC)c1. The molecule has 170 valence electrons. The molecule has 0 bridgehead atoms. The number of aromatic carboxylic acids is 1. The van der Waals surface area contributed by atoms with E-state index in [9.17, 15) is 18.3 Å². The van der Waals surface area contributed by atoms with E-state index in [4.69, 9.17) is 9.47 Å². The van der Waals surface area contributed by atoms with Gasteiger partial charge in [0.1, 0.15) is 22.7 Å². The Balaban J connectivity index is 1.70. The highest BCUT2D eigenvalue weighted by molar-refractivity contribution is 7.90. The van der Waals surface area contributed by atoms with Gasteiger partial charge in [-0.3, -0.25) is 0 Å². The molecule has 33 heavy (non-hydrogen) atoms. The van der Waals surface area contributed by atoms with Crippen molar-refractivity contribution in [3.05, 3.63) is 77.7 Å². The van der Waals surface area contributed by atoms with Crippen LogP contribution in [0, 0.1) is 0 Å². The van der Waals surface area contributed by atoms with Gasteiger partial charge in [0, 0.05) is 6.07 Å². The molecule has 1 N–H and O–H groups in total. The maximum absolute atomic E-state index is 13.2. The molecule has 0 radical (unpaired) electrons. The fourth-order valence-electron chi connectivity index (χ4n) is 3.48. The van der Waals surface area contributed by atoms with Gasteiger partial charge in [0.25, 0.3) is 10.0 Å². The van der Waals surface area contributed by atoms with Crippen LogP contribution in [0.3, 0.4) is 0 Å². The predicted octanol–water partition coefficient (Wildman–Crippen LogP) is 3.17. The zero-order valence-corrected chi connectivity index (χ0v) is 18.7. The number of aromatic nitrogens is 3. The van der Waals surface area contributed by atoms with E-state index in [0.717, 1.165) is 9.54 Å². The quantitative estimate of drug-likeness (QED) is 0.419. The van der Waals surface area contributed by atoms with Crippen molar-refractivity contribution in [3.63, 3.8) is 0 Å². The lowest BCUT2D eigenvalue weighted by Crippen LogP contribution is -2.18. The first-order valence-corrected chi connectivity index (χ1v) is 11.4. The molecule has 0 amide bonds. The highest BCUT2D eigenvalue weighted by Crippen LogP contribution is 2.25. The first-order valence-electron chi connectivity index (χ1n) is 9.96. The van der Waals surface area contributed by atoms with Gasteiger partial charge in [-0.2, -0.15) is 0 Å². The molecule has 2 aromatic heterocycles. The van der Waals surface area contributed by atoms with Gasteiger partial charge in [-0.05, 0) is 48.7 Å². The molecule has 0 saturated heterocycles. The van der Waals surface area contributed by atoms with Crippen LogP contribution in [-0.2, 0) is 22.9 Å². The topological polar surface area (TPSA) is 121 Å². The van der Waals surface area contributed by atoms with Crippen molar-refractivity contribution in [2.45, 2.75) is 17.7 Å². The van der Waals surface area contributed by atoms with Crippen molar-refractivity contribution in [3.8, 4) is 11.5 Å². The molecule has 0 saturated carbocycles. The third kappa shape index (κ3) is 4.37. The van der Waals surface area contributed by atoms with Gasteiger partial charge in [-0.25, -0.2) is 27.2 Å². The maximum atomic E-state index is 13.2. The fraction of sp³-hybridized carbons (Fsp3) is 0.174. The third-order valence-corrected chi connectivity index (χ3v) is 6.81. The molecule has 0 fully saturated rings. The summed E-state index contributed by atoms with van der Waals surface area (Å²) in [6, 6.07) is 14.4. The number of carbonyl (C=O) groups is 1. The van der Waals surface area contributed by atoms with Gasteiger partial charge in [0.05, 0.1) is 31.0 Å². The summed E-state index contributed by atoms with van der Waals surface area (Å²) < 4.78 is 37.6. The monoisotopic (exact) mass is 467 g/mol. The molecule has 0 aliphatic heterocycles. The van der Waals surface area contributed by atoms with Crippen molar-refractivity contribution in [2.24, 2.45) is 0 Å². The van der Waals surface area contributed by atoms with Crippen LogP contribution in [0.15, 0.2) is 65.7 Å². The minimum Gasteiger partial charge on any atom is -0.497 e. The van der Waals surface area contributed by atoms with Gasteiger partial charge in [0.15, 0.2) is 5.65 Å². The van der Waals surface area contributed by atoms with Gasteiger partial charge >= 0.3 is 5.97 Å². The Morgan fingerprint density at radius 1 is 1.00 bits per heavy atom. The molecular formula is C23H21N3O6S. The second-order valence-electron chi connectivity index (χ2n) is 7.21. The summed E-state index contributed by atoms with van der Waals surface area (Å²) in [5, 5.41) is 9.63. The minimum absolute atomic E-state index is 0.0388. The highest BCUT2D eigenvalue weighted by atomic mass is 32.2. The normalized spacial score (nSPS) is 11.5. The van der Waals surface area contributed by atoms with Crippen molar-refractivity contribution in [2.75, 3.05) is 14.2 Å². The Labute approximate surface area is 190 Å². The summed E-state index contributed by atoms with van der Waals surface area (Å²) in [6.45, 7) is 0. The average molecular weight is 468 g/mol. The molecule has 2 heterocycles. The predicted molar refractivity (Wildman–Crippen MR) is 120 cm³/mol. The fourth-order valence-corrected chi connectivity index (χ4v) is 4.95. The molecule has 0 aliphatic carbocycles. The molecular weight excluding hydrogens is 446 g/mol. The van der Waals surface area contributed by atoms with Crippen LogP contribution in [-0.4, -0.2) is 47.7 Å². The number of fused-ring (bicyclic) bond motifs is 1. The van der Waals surface area contributed by atoms with E-state index in [2.05, 4.69) is 9.97 Å². The van der Waals surface area contributed by atoms with Crippen LogP contribution >= 0.6 is 0 Å². The van der Waals surface area contributed by atoms with Crippen molar-refractivity contribution in [1.29, 1.82) is 0 Å². The summed E-state index contributed by atoms with van der Waals surface area (Å²) in [4.78, 5) is 20.5. The zero-order valence-electron chi connectivity index (χ0n) is 17.9. The van der Waals surface area contributed by atoms with E-state index >= 15 is 0 Å². The summed E-state index contributed by atoms with van der Waals surface area (Å²) in [5.74, 6) is -0.0558. The van der Waals surface area contributed by atoms with Crippen LogP contribution in [0.25, 0.3) is 11.2 Å². The Hall–Kier alpha value is -3.92. The van der Waals surface area contributed by atoms with Crippen LogP contribution in [0.2, 0.25) is 0 Å². The van der Waals surface area contributed by atoms with Gasteiger partial charge in [0.2, 0.25) is 0 Å². The lowest BCUT2D eigenvalue weighted by molar-refractivity contribution is 0.0689. The van der Waals surface area contributed by atoms with Crippen LogP contribution in [0.1, 0.15) is 21.7 Å². The summed E-state index contributed by atoms with van der Waals surface area (Å²) in [7, 11) is -1.02. The minimum atomic E-state index is -4.18. The molecule has 0 aliphatic rings. The first-order chi connectivity index (χ1) is 15.8. The van der Waals surface area contributed by atoms with E-state index in [1.807, 2.05) is 12.1 Å². The first kappa shape index (κ1) is 22.3. The summed E-state index contributed by atoms with van der Waals surface area (Å²) in [6.07, 6.45) is 2.56. The van der Waals surface area contributed by atoms with E-state index < -0.39 is 21.7 Å². The van der Waals surface area contributed by atoms with Crippen LogP contribution in [0.5, 0.6) is 11.5 Å². The number of rotatable bonds is 8. The molecule has 10 heteroatoms. The van der Waals surface area contributed by atoms with E-state index in [0.29, 0.717) is 30.0 Å². The zero-order chi connectivity index (χ0) is 23.6. The smallest absolute Gasteiger partial charge is 0.353 e. The second kappa shape index (κ2) is 8.91. The standard InChI is InChI=1S/C23H21N3O6S/c1-31-17-10-15(11-18(12-17)32-2)8-9-16-14-24-22-20(25-16)13-21(23(27)28)26(22)33(29,30)19-6-4-3-5-7-19/h3-7,10-14H,8-9H2,1-2H3,(H,27,28). The van der Waals surface area contributed by atoms with Crippen molar-refractivity contribution in [1.82, 2.24) is 13.9 Å². The molecule has 4 aromatic rings. The maximum Gasteiger partial charge on any atom is 0.353 e. The third-order valence-electron chi connectivity index (χ3n) is 5.10. The Bertz CT molecular complexity index is 1410. The van der Waals surface area contributed by atoms with Crippen molar-refractivity contribution >= 4 is 27.2 Å². The van der Waals surface area contributed by atoms with Crippen molar-refractivity contribution < 1.29 is 27.8 Å². The Morgan fingerprint density at radius 3 is 2.27 bits per heavy atom. The molecule has 9 nitrogen and oxygen atoms in total. The lowest BCUT2D eigenvalue weighted by Gasteiger charge is -2.10. The molecule has 0 unspecified atom stereocenters. The second-order valence-corrected chi connectivity index (χ2v) is 9.00. The lowest BCUT2D eigenvalue weighted by atomic mass is 10.1. The molecule has 0 spiro atoms. The molecule has 0 atom stereocenters. The largest absolute Gasteiger partial charge is 0.497 e. The number of hydrogen-bond acceptors (Lipinski definition) is 7. The van der Waals surface area contributed by atoms with Gasteiger partial charge in [-0.15, -0.1) is 0 Å². The number of methoxy groups -OCH3 is 2. The highest BCUT2D eigenvalue weighted by Gasteiger charge is 2.27. The number of ether oxygens (including phenoxy) is 2. The Kier molecular flexibility index (Phi) is 6.01. The van der Waals surface area contributed by atoms with E-state index in [1.165, 1.54) is 24.4 Å². The van der Waals surface area contributed by atoms with E-state index in [1.54, 1.807) is 38.5 Å². The average Bonchev–Trinajstić information content (AvgIpc) is 3.23. The van der Waals surface area contributed by atoms with Crippen LogP contribution in [0.4, 0.5) is 0 Å². The molecule has 2 aromatic carbocycles. The van der Waals surface area contributed by atoms with E-state index in [-0.39, 0.29) is 16.1 Å². The molecule has 4 rings (SSSR count). The van der Waals surface area contributed by atoms with Crippen LogP contribution < -0.4 is 9.47 Å². The number of aryl methyl sites for hydroxylation is 2. The summed E-state index contributed by atoms with van der Waals surface area (Å²) >= 11 is 0. The Morgan fingerprint density at radius 2 is 1.67 bits per heavy atom. The number of carboxylic acid groups (broad SMARTS) is 1. The number of benzene rings is 2. The summed E-state index contributed by atoms with van der Waals surface area (Å²) in [5.41, 5.74) is 1.28. The number of nitrogens with zero attached hydrogens (tertiary/aromatic N) is 3. The number of carboxylic acids is 1. The number of hydrogen-bond donors (Lipinski definition) is 1.